The van der Waals surface area contributed by atoms with Crippen LogP contribution in [0.5, 0.6) is 0 Å². The van der Waals surface area contributed by atoms with Gasteiger partial charge in [-0.15, -0.1) is 0 Å². The lowest BCUT2D eigenvalue weighted by Crippen LogP contribution is -2.28. The van der Waals surface area contributed by atoms with Crippen molar-refractivity contribution in [3.8, 4) is 0 Å². The summed E-state index contributed by atoms with van der Waals surface area (Å²) in [6.45, 7) is 0.926. The fourth-order valence-electron chi connectivity index (χ4n) is 3.28. The van der Waals surface area contributed by atoms with Crippen molar-refractivity contribution in [1.82, 2.24) is 9.55 Å². The Morgan fingerprint density at radius 3 is 2.73 bits per heavy atom. The summed E-state index contributed by atoms with van der Waals surface area (Å²) >= 11 is 11.5. The number of halogens is 1. The molecule has 1 aliphatic heterocycles. The van der Waals surface area contributed by atoms with Gasteiger partial charge in [0.25, 0.3) is 0 Å². The van der Waals surface area contributed by atoms with E-state index in [2.05, 4.69) is 16.0 Å². The molecule has 0 fully saturated rings. The van der Waals surface area contributed by atoms with Gasteiger partial charge in [0.05, 0.1) is 5.52 Å². The Bertz CT molecular complexity index is 1020. The van der Waals surface area contributed by atoms with Crippen LogP contribution in [0.2, 0.25) is 5.02 Å². The molecule has 4 rings (SSSR count). The molecule has 0 bridgehead atoms. The van der Waals surface area contributed by atoms with Gasteiger partial charge in [0.2, 0.25) is 0 Å². The summed E-state index contributed by atoms with van der Waals surface area (Å²) < 4.78 is 2.23. The van der Waals surface area contributed by atoms with Gasteiger partial charge in [0, 0.05) is 29.1 Å². The van der Waals surface area contributed by atoms with Gasteiger partial charge in [-0.25, -0.2) is 9.98 Å². The van der Waals surface area contributed by atoms with Gasteiger partial charge in [-0.2, -0.15) is 0 Å². The average molecular weight is 383 g/mol. The summed E-state index contributed by atoms with van der Waals surface area (Å²) in [5.74, 6) is 1.09. The standard InChI is InChI=1S/C20H19ClN4S/c21-14-9-11-15(12-10-14)22-20(26)24-19-16-6-3-4-7-17(16)23-18-8-2-1-5-13-25(18)19/h3-4,6-7,9-12H,1-2,5,8,13H2,(H,22,26). The zero-order valence-corrected chi connectivity index (χ0v) is 15.9. The van der Waals surface area contributed by atoms with Crippen LogP contribution < -0.4 is 10.8 Å². The van der Waals surface area contributed by atoms with Crippen molar-refractivity contribution < 1.29 is 0 Å². The fourth-order valence-corrected chi connectivity index (χ4v) is 3.61. The maximum Gasteiger partial charge on any atom is 0.199 e. The highest BCUT2D eigenvalue weighted by Gasteiger charge is 2.12. The summed E-state index contributed by atoms with van der Waals surface area (Å²) in [6, 6.07) is 15.6. The lowest BCUT2D eigenvalue weighted by molar-refractivity contribution is 0.608. The van der Waals surface area contributed by atoms with Crippen LogP contribution in [0.25, 0.3) is 10.9 Å². The number of benzene rings is 2. The molecule has 3 aromatic rings. The van der Waals surface area contributed by atoms with Crippen LogP contribution in [-0.4, -0.2) is 14.7 Å². The number of anilines is 1. The summed E-state index contributed by atoms with van der Waals surface area (Å²) in [5, 5.41) is 5.33. The normalized spacial score (nSPS) is 14.7. The van der Waals surface area contributed by atoms with Crippen LogP contribution in [0.4, 0.5) is 5.69 Å². The van der Waals surface area contributed by atoms with Crippen LogP contribution in [0.3, 0.4) is 0 Å². The van der Waals surface area contributed by atoms with Crippen molar-refractivity contribution in [2.75, 3.05) is 5.32 Å². The van der Waals surface area contributed by atoms with Crippen LogP contribution in [0.15, 0.2) is 53.5 Å². The quantitative estimate of drug-likeness (QED) is 0.619. The van der Waals surface area contributed by atoms with Crippen LogP contribution in [0, 0.1) is 0 Å². The van der Waals surface area contributed by atoms with E-state index in [1.54, 1.807) is 0 Å². The molecule has 132 valence electrons. The number of nitrogens with zero attached hydrogens (tertiary/aromatic N) is 3. The Morgan fingerprint density at radius 1 is 1.08 bits per heavy atom. The van der Waals surface area contributed by atoms with Crippen molar-refractivity contribution in [3.63, 3.8) is 0 Å². The van der Waals surface area contributed by atoms with E-state index in [0.717, 1.165) is 53.7 Å². The molecule has 0 radical (unpaired) electrons. The number of aromatic nitrogens is 2. The number of fused-ring (bicyclic) bond motifs is 2. The largest absolute Gasteiger partial charge is 0.331 e. The second-order valence-electron chi connectivity index (χ2n) is 6.38. The number of hydrogen-bond acceptors (Lipinski definition) is 2. The molecule has 1 aliphatic rings. The first-order valence-corrected chi connectivity index (χ1v) is 9.59. The first-order chi connectivity index (χ1) is 12.7. The van der Waals surface area contributed by atoms with Gasteiger partial charge >= 0.3 is 0 Å². The van der Waals surface area contributed by atoms with E-state index in [4.69, 9.17) is 33.8 Å². The third-order valence-corrected chi connectivity index (χ3v) is 4.99. The summed E-state index contributed by atoms with van der Waals surface area (Å²) in [7, 11) is 0. The average Bonchev–Trinajstić information content (AvgIpc) is 2.89. The van der Waals surface area contributed by atoms with Gasteiger partial charge in [-0.1, -0.05) is 30.2 Å². The molecule has 0 atom stereocenters. The van der Waals surface area contributed by atoms with Crippen LogP contribution >= 0.6 is 23.8 Å². The molecule has 6 heteroatoms. The Kier molecular flexibility index (Phi) is 5.00. The third kappa shape index (κ3) is 3.64. The van der Waals surface area contributed by atoms with E-state index in [-0.39, 0.29) is 0 Å². The third-order valence-electron chi connectivity index (χ3n) is 4.55. The van der Waals surface area contributed by atoms with E-state index in [1.807, 2.05) is 42.5 Å². The molecule has 0 spiro atoms. The molecule has 2 heterocycles. The maximum absolute atomic E-state index is 5.94. The minimum Gasteiger partial charge on any atom is -0.331 e. The van der Waals surface area contributed by atoms with Gasteiger partial charge in [0.15, 0.2) is 5.11 Å². The zero-order chi connectivity index (χ0) is 17.9. The fraction of sp³-hybridized carbons (Fsp3) is 0.250. The van der Waals surface area contributed by atoms with Crippen molar-refractivity contribution in [2.45, 2.75) is 32.2 Å². The van der Waals surface area contributed by atoms with Gasteiger partial charge < -0.3 is 9.88 Å². The first kappa shape index (κ1) is 17.2. The second kappa shape index (κ2) is 7.56. The SMILES string of the molecule is S=C(N=c1c2ccccc2nc2n1CCCCC2)Nc1ccc(Cl)cc1. The molecule has 1 aromatic heterocycles. The Balaban J connectivity index is 1.80. The Morgan fingerprint density at radius 2 is 1.88 bits per heavy atom. The Hall–Kier alpha value is -2.24. The highest BCUT2D eigenvalue weighted by atomic mass is 35.5. The highest BCUT2D eigenvalue weighted by Crippen LogP contribution is 2.16. The topological polar surface area (TPSA) is 42.2 Å². The number of nitrogens with one attached hydrogen (secondary N) is 1. The molecule has 0 aliphatic carbocycles. The van der Waals surface area contributed by atoms with E-state index in [1.165, 1.54) is 6.42 Å². The van der Waals surface area contributed by atoms with E-state index in [0.29, 0.717) is 10.1 Å². The monoisotopic (exact) mass is 382 g/mol. The minimum absolute atomic E-state index is 0.433. The van der Waals surface area contributed by atoms with E-state index >= 15 is 0 Å². The number of aryl methyl sites for hydroxylation is 1. The summed E-state index contributed by atoms with van der Waals surface area (Å²) in [6.07, 6.45) is 4.49. The number of hydrogen-bond donors (Lipinski definition) is 1. The lowest BCUT2D eigenvalue weighted by Gasteiger charge is -2.13. The van der Waals surface area contributed by atoms with Crippen molar-refractivity contribution in [2.24, 2.45) is 4.99 Å². The second-order valence-corrected chi connectivity index (χ2v) is 7.20. The predicted octanol–water partition coefficient (Wildman–Crippen LogP) is 4.71. The molecule has 0 saturated carbocycles. The van der Waals surface area contributed by atoms with E-state index in [9.17, 15) is 0 Å². The minimum atomic E-state index is 0.433. The van der Waals surface area contributed by atoms with Gasteiger partial charge in [-0.05, 0) is 61.5 Å². The molecule has 0 unspecified atom stereocenters. The first-order valence-electron chi connectivity index (χ1n) is 8.80. The number of rotatable bonds is 1. The molecule has 0 saturated heterocycles. The molecule has 1 N–H and O–H groups in total. The molecule has 4 nitrogen and oxygen atoms in total. The lowest BCUT2D eigenvalue weighted by atomic mass is 10.2. The predicted molar refractivity (Wildman–Crippen MR) is 111 cm³/mol. The maximum atomic E-state index is 5.94. The van der Waals surface area contributed by atoms with Crippen LogP contribution in [-0.2, 0) is 13.0 Å². The van der Waals surface area contributed by atoms with Crippen LogP contribution in [0.1, 0.15) is 25.1 Å². The number of para-hydroxylation sites is 1. The van der Waals surface area contributed by atoms with Gasteiger partial charge in [-0.3, -0.25) is 0 Å². The summed E-state index contributed by atoms with van der Waals surface area (Å²) in [5.41, 5.74) is 2.73. The van der Waals surface area contributed by atoms with Gasteiger partial charge in [0.1, 0.15) is 11.3 Å². The number of thiocarbonyl (C=S) groups is 1. The highest BCUT2D eigenvalue weighted by molar-refractivity contribution is 7.80. The molecule has 2 aromatic carbocycles. The molecular weight excluding hydrogens is 364 g/mol. The summed E-state index contributed by atoms with van der Waals surface area (Å²) in [4.78, 5) is 9.63. The van der Waals surface area contributed by atoms with E-state index < -0.39 is 0 Å². The van der Waals surface area contributed by atoms with Crippen molar-refractivity contribution >= 4 is 45.5 Å². The molecule has 0 amide bonds. The molecular formula is C20H19ClN4S. The molecule has 26 heavy (non-hydrogen) atoms. The van der Waals surface area contributed by atoms with Crippen molar-refractivity contribution in [3.05, 3.63) is 64.9 Å². The Labute approximate surface area is 162 Å². The van der Waals surface area contributed by atoms with Crippen molar-refractivity contribution in [1.29, 1.82) is 0 Å². The smallest absolute Gasteiger partial charge is 0.199 e. The zero-order valence-electron chi connectivity index (χ0n) is 14.3.